The highest BCUT2D eigenvalue weighted by Gasteiger charge is 2.04. The molecule has 66 valence electrons. The number of hydrogen-bond acceptors (Lipinski definition) is 2. The van der Waals surface area contributed by atoms with Gasteiger partial charge >= 0.3 is 0 Å². The number of H-pyrrole nitrogens is 1. The molecule has 1 aromatic carbocycles. The first-order valence-corrected chi connectivity index (χ1v) is 4.55. The van der Waals surface area contributed by atoms with Crippen LogP contribution in [0.2, 0.25) is 0 Å². The van der Waals surface area contributed by atoms with Crippen molar-refractivity contribution in [3.05, 3.63) is 39.1 Å². The van der Waals surface area contributed by atoms with Crippen LogP contribution in [0, 0.1) is 0 Å². The molecule has 0 aliphatic heterocycles. The number of aromatic amines is 1. The topological polar surface area (TPSA) is 58.9 Å². The van der Waals surface area contributed by atoms with Gasteiger partial charge in [0.25, 0.3) is 5.56 Å². The Kier molecular flexibility index (Phi) is 1.84. The van der Waals surface area contributed by atoms with E-state index in [9.17, 15) is 4.79 Å². The first-order valence-electron chi connectivity index (χ1n) is 3.76. The van der Waals surface area contributed by atoms with E-state index < -0.39 is 0 Å². The molecular formula is C9H7BrN2O. The molecular weight excluding hydrogens is 232 g/mol. The van der Waals surface area contributed by atoms with Crippen LogP contribution in [0.5, 0.6) is 0 Å². The monoisotopic (exact) mass is 238 g/mol. The van der Waals surface area contributed by atoms with E-state index in [1.165, 1.54) is 0 Å². The van der Waals surface area contributed by atoms with Crippen molar-refractivity contribution in [2.75, 3.05) is 5.73 Å². The van der Waals surface area contributed by atoms with Gasteiger partial charge in [-0.1, -0.05) is 18.2 Å². The number of pyridine rings is 1. The molecule has 1 heterocycles. The van der Waals surface area contributed by atoms with E-state index in [4.69, 9.17) is 5.73 Å². The summed E-state index contributed by atoms with van der Waals surface area (Å²) in [6.07, 6.45) is 0. The van der Waals surface area contributed by atoms with Crippen LogP contribution >= 0.6 is 15.9 Å². The first kappa shape index (κ1) is 8.31. The van der Waals surface area contributed by atoms with Gasteiger partial charge in [0.15, 0.2) is 0 Å². The zero-order valence-corrected chi connectivity index (χ0v) is 8.26. The van der Waals surface area contributed by atoms with Crippen LogP contribution in [0.3, 0.4) is 0 Å². The molecule has 0 saturated heterocycles. The number of nitrogens with two attached hydrogens (primary N) is 1. The number of nitrogens with one attached hydrogen (secondary N) is 1. The number of halogens is 1. The Hall–Kier alpha value is -1.29. The van der Waals surface area contributed by atoms with E-state index >= 15 is 0 Å². The summed E-state index contributed by atoms with van der Waals surface area (Å²) < 4.78 is 0.739. The second-order valence-electron chi connectivity index (χ2n) is 2.73. The van der Waals surface area contributed by atoms with Crippen molar-refractivity contribution in [1.29, 1.82) is 0 Å². The zero-order valence-electron chi connectivity index (χ0n) is 6.67. The van der Waals surface area contributed by atoms with Gasteiger partial charge in [-0.15, -0.1) is 0 Å². The summed E-state index contributed by atoms with van der Waals surface area (Å²) in [5.74, 6) is 0.365. The Labute approximate surface area is 82.7 Å². The molecule has 1 aromatic heterocycles. The molecule has 0 bridgehead atoms. The van der Waals surface area contributed by atoms with Crippen molar-refractivity contribution >= 4 is 32.5 Å². The molecule has 2 rings (SSSR count). The van der Waals surface area contributed by atoms with E-state index in [0.717, 1.165) is 9.86 Å². The maximum absolute atomic E-state index is 11.4. The largest absolute Gasteiger partial charge is 0.384 e. The fraction of sp³-hybridized carbons (Fsp3) is 0. The number of benzene rings is 1. The van der Waals surface area contributed by atoms with Crippen molar-refractivity contribution in [3.63, 3.8) is 0 Å². The minimum absolute atomic E-state index is 0.156. The van der Waals surface area contributed by atoms with Crippen molar-refractivity contribution in [3.8, 4) is 0 Å². The second kappa shape index (κ2) is 2.88. The summed E-state index contributed by atoms with van der Waals surface area (Å²) in [6, 6.07) is 7.30. The highest BCUT2D eigenvalue weighted by molar-refractivity contribution is 9.10. The molecule has 13 heavy (non-hydrogen) atoms. The second-order valence-corrected chi connectivity index (χ2v) is 3.52. The Morgan fingerprint density at radius 2 is 1.85 bits per heavy atom. The SMILES string of the molecule is Nc1[nH]c(=O)c2ccccc2c1Br. The number of hydrogen-bond donors (Lipinski definition) is 2. The van der Waals surface area contributed by atoms with Crippen LogP contribution in [-0.4, -0.2) is 4.98 Å². The standard InChI is InChI=1S/C9H7BrN2O/c10-7-5-3-1-2-4-6(5)9(13)12-8(7)11/h1-4H,(H3,11,12,13). The van der Waals surface area contributed by atoms with E-state index in [1.807, 2.05) is 18.2 Å². The predicted molar refractivity (Wildman–Crippen MR) is 56.7 cm³/mol. The highest BCUT2D eigenvalue weighted by Crippen LogP contribution is 2.24. The van der Waals surface area contributed by atoms with Crippen molar-refractivity contribution in [2.24, 2.45) is 0 Å². The van der Waals surface area contributed by atoms with Crippen LogP contribution < -0.4 is 11.3 Å². The molecule has 4 heteroatoms. The highest BCUT2D eigenvalue weighted by atomic mass is 79.9. The Balaban J connectivity index is 3.06. The molecule has 3 N–H and O–H groups in total. The van der Waals surface area contributed by atoms with Crippen LogP contribution in [0.1, 0.15) is 0 Å². The number of anilines is 1. The Morgan fingerprint density at radius 1 is 1.23 bits per heavy atom. The first-order chi connectivity index (χ1) is 6.20. The van der Waals surface area contributed by atoms with Gasteiger partial charge in [0, 0.05) is 10.8 Å². The van der Waals surface area contributed by atoms with Gasteiger partial charge in [-0.2, -0.15) is 0 Å². The minimum Gasteiger partial charge on any atom is -0.384 e. The minimum atomic E-state index is -0.156. The third-order valence-corrected chi connectivity index (χ3v) is 2.75. The van der Waals surface area contributed by atoms with E-state index in [0.29, 0.717) is 11.2 Å². The van der Waals surface area contributed by atoms with Gasteiger partial charge in [-0.25, -0.2) is 0 Å². The molecule has 0 fully saturated rings. The Morgan fingerprint density at radius 3 is 2.54 bits per heavy atom. The lowest BCUT2D eigenvalue weighted by molar-refractivity contribution is 1.27. The zero-order chi connectivity index (χ0) is 9.42. The van der Waals surface area contributed by atoms with E-state index in [-0.39, 0.29) is 5.56 Å². The molecule has 0 aliphatic carbocycles. The van der Waals surface area contributed by atoms with Gasteiger partial charge < -0.3 is 10.7 Å². The fourth-order valence-electron chi connectivity index (χ4n) is 1.26. The van der Waals surface area contributed by atoms with Gasteiger partial charge in [-0.3, -0.25) is 4.79 Å². The third-order valence-electron chi connectivity index (χ3n) is 1.89. The average molecular weight is 239 g/mol. The van der Waals surface area contributed by atoms with Crippen LogP contribution in [0.4, 0.5) is 5.82 Å². The summed E-state index contributed by atoms with van der Waals surface area (Å²) >= 11 is 3.32. The molecule has 2 aromatic rings. The molecule has 0 radical (unpaired) electrons. The summed E-state index contributed by atoms with van der Waals surface area (Å²) in [7, 11) is 0. The Bertz CT molecular complexity index is 518. The maximum atomic E-state index is 11.4. The maximum Gasteiger partial charge on any atom is 0.257 e. The smallest absolute Gasteiger partial charge is 0.257 e. The van der Waals surface area contributed by atoms with Crippen molar-refractivity contribution in [2.45, 2.75) is 0 Å². The molecule has 0 saturated carbocycles. The fourth-order valence-corrected chi connectivity index (χ4v) is 1.71. The van der Waals surface area contributed by atoms with Gasteiger partial charge in [0.05, 0.1) is 4.47 Å². The van der Waals surface area contributed by atoms with E-state index in [2.05, 4.69) is 20.9 Å². The van der Waals surface area contributed by atoms with Crippen molar-refractivity contribution < 1.29 is 0 Å². The number of fused-ring (bicyclic) bond motifs is 1. The number of nitrogen functional groups attached to an aromatic ring is 1. The molecule has 0 atom stereocenters. The number of aromatic nitrogens is 1. The lowest BCUT2D eigenvalue weighted by atomic mass is 10.2. The van der Waals surface area contributed by atoms with Crippen LogP contribution in [0.25, 0.3) is 10.8 Å². The normalized spacial score (nSPS) is 10.5. The lowest BCUT2D eigenvalue weighted by Gasteiger charge is -2.02. The molecule has 3 nitrogen and oxygen atoms in total. The third kappa shape index (κ3) is 1.23. The van der Waals surface area contributed by atoms with Gasteiger partial charge in [-0.05, 0) is 22.0 Å². The predicted octanol–water partition coefficient (Wildman–Crippen LogP) is 1.87. The summed E-state index contributed by atoms with van der Waals surface area (Å²) in [6.45, 7) is 0. The molecule has 0 aliphatic rings. The van der Waals surface area contributed by atoms with Crippen LogP contribution in [-0.2, 0) is 0 Å². The molecule has 0 unspecified atom stereocenters. The van der Waals surface area contributed by atoms with Crippen molar-refractivity contribution in [1.82, 2.24) is 4.98 Å². The summed E-state index contributed by atoms with van der Waals surface area (Å²) in [5.41, 5.74) is 5.43. The number of rotatable bonds is 0. The van der Waals surface area contributed by atoms with Crippen LogP contribution in [0.15, 0.2) is 33.5 Å². The molecule has 0 amide bonds. The molecule has 0 spiro atoms. The van der Waals surface area contributed by atoms with Gasteiger partial charge in [0.2, 0.25) is 0 Å². The van der Waals surface area contributed by atoms with E-state index in [1.54, 1.807) is 6.07 Å². The quantitative estimate of drug-likeness (QED) is 0.737. The lowest BCUT2D eigenvalue weighted by Crippen LogP contribution is -2.09. The summed E-state index contributed by atoms with van der Waals surface area (Å²) in [5, 5.41) is 1.48. The summed E-state index contributed by atoms with van der Waals surface area (Å²) in [4.78, 5) is 14.0. The average Bonchev–Trinajstić information content (AvgIpc) is 2.15. The van der Waals surface area contributed by atoms with Gasteiger partial charge in [0.1, 0.15) is 5.82 Å².